The summed E-state index contributed by atoms with van der Waals surface area (Å²) in [5, 5.41) is 10.1. The number of hydrogen-bond donors (Lipinski definition) is 3. The van der Waals surface area contributed by atoms with Gasteiger partial charge < -0.3 is 5.32 Å². The normalized spacial score (nSPS) is 15.0. The Bertz CT molecular complexity index is 797. The van der Waals surface area contributed by atoms with E-state index in [1.165, 1.54) is 5.21 Å². The SMILES string of the molecule is C[As](C)CCCNC(=O)c1ccc(NC(=O)N2C=C3C=CNC=C3C2)cc1. The molecule has 6 nitrogen and oxygen atoms in total. The third-order valence-electron chi connectivity index (χ3n) is 4.35. The first kappa shape index (κ1) is 19.3. The number of anilines is 1. The van der Waals surface area contributed by atoms with Crippen LogP contribution in [0.1, 0.15) is 16.8 Å². The van der Waals surface area contributed by atoms with Crippen molar-refractivity contribution < 1.29 is 9.59 Å². The number of carbonyl (C=O) groups is 2. The van der Waals surface area contributed by atoms with Crippen LogP contribution in [-0.4, -0.2) is 44.6 Å². The van der Waals surface area contributed by atoms with Crippen LogP contribution in [0, 0.1) is 0 Å². The summed E-state index contributed by atoms with van der Waals surface area (Å²) in [5.41, 5.74) is 8.03. The van der Waals surface area contributed by atoms with E-state index in [-0.39, 0.29) is 11.9 Å². The van der Waals surface area contributed by atoms with Gasteiger partial charge in [-0.2, -0.15) is 0 Å². The van der Waals surface area contributed by atoms with E-state index in [0.29, 0.717) is 24.3 Å². The zero-order chi connectivity index (χ0) is 19.2. The summed E-state index contributed by atoms with van der Waals surface area (Å²) in [6.45, 7) is 1.26. The summed E-state index contributed by atoms with van der Waals surface area (Å²) in [7, 11) is 0. The van der Waals surface area contributed by atoms with Gasteiger partial charge in [0, 0.05) is 18.6 Å². The molecule has 3 N–H and O–H groups in total. The van der Waals surface area contributed by atoms with Crippen LogP contribution in [0.15, 0.2) is 60.1 Å². The van der Waals surface area contributed by atoms with E-state index in [1.54, 1.807) is 29.2 Å². The van der Waals surface area contributed by atoms with E-state index in [1.807, 2.05) is 24.7 Å². The van der Waals surface area contributed by atoms with Crippen molar-refractivity contribution in [1.29, 1.82) is 0 Å². The first-order chi connectivity index (χ1) is 13.0. The molecule has 0 fully saturated rings. The number of rotatable bonds is 6. The van der Waals surface area contributed by atoms with Gasteiger partial charge in [-0.05, 0) is 17.2 Å². The van der Waals surface area contributed by atoms with Crippen molar-refractivity contribution in [1.82, 2.24) is 15.5 Å². The number of carbonyl (C=O) groups excluding carboxylic acids is 2. The van der Waals surface area contributed by atoms with Crippen molar-refractivity contribution >= 4 is 32.3 Å². The molecule has 1 aromatic rings. The van der Waals surface area contributed by atoms with Crippen molar-refractivity contribution in [3.8, 4) is 0 Å². The van der Waals surface area contributed by atoms with Gasteiger partial charge in [0.05, 0.1) is 6.54 Å². The van der Waals surface area contributed by atoms with Crippen LogP contribution in [0.4, 0.5) is 10.5 Å². The fourth-order valence-electron chi connectivity index (χ4n) is 2.87. The molecule has 0 atom stereocenters. The predicted octanol–water partition coefficient (Wildman–Crippen LogP) is 3.29. The second kappa shape index (κ2) is 8.96. The average Bonchev–Trinajstić information content (AvgIpc) is 3.10. The number of amides is 3. The van der Waals surface area contributed by atoms with Gasteiger partial charge in [0.15, 0.2) is 0 Å². The van der Waals surface area contributed by atoms with Gasteiger partial charge >= 0.3 is 117 Å². The molecule has 0 saturated heterocycles. The molecule has 142 valence electrons. The number of nitrogens with one attached hydrogen (secondary N) is 3. The molecule has 0 bridgehead atoms. The second-order valence-electron chi connectivity index (χ2n) is 6.80. The number of hydrogen-bond acceptors (Lipinski definition) is 3. The van der Waals surface area contributed by atoms with E-state index >= 15 is 0 Å². The van der Waals surface area contributed by atoms with E-state index < -0.39 is 14.7 Å². The number of fused-ring (bicyclic) bond motifs is 1. The van der Waals surface area contributed by atoms with Gasteiger partial charge in [-0.15, -0.1) is 0 Å². The van der Waals surface area contributed by atoms with E-state index in [4.69, 9.17) is 0 Å². The van der Waals surface area contributed by atoms with Crippen LogP contribution >= 0.6 is 0 Å². The van der Waals surface area contributed by atoms with Crippen LogP contribution in [0.5, 0.6) is 0 Å². The molecular formula is C20H25AsN4O2. The topological polar surface area (TPSA) is 73.5 Å². The molecule has 0 saturated carbocycles. The maximum atomic E-state index is 12.4. The van der Waals surface area contributed by atoms with E-state index in [9.17, 15) is 9.59 Å². The molecule has 0 radical (unpaired) electrons. The minimum absolute atomic E-state index is 0.0706. The number of allylic oxidation sites excluding steroid dienone is 1. The van der Waals surface area contributed by atoms with Gasteiger partial charge in [-0.3, -0.25) is 0 Å². The average molecular weight is 428 g/mol. The van der Waals surface area contributed by atoms with Crippen molar-refractivity contribution in [2.75, 3.05) is 18.4 Å². The van der Waals surface area contributed by atoms with Gasteiger partial charge in [-0.25, -0.2) is 0 Å². The Balaban J connectivity index is 1.50. The summed E-state index contributed by atoms with van der Waals surface area (Å²) in [6.07, 6.45) is 8.56. The van der Waals surface area contributed by atoms with Crippen molar-refractivity contribution in [3.63, 3.8) is 0 Å². The number of urea groups is 1. The molecule has 27 heavy (non-hydrogen) atoms. The third-order valence-corrected chi connectivity index (χ3v) is 6.89. The molecule has 3 amide bonds. The predicted molar refractivity (Wildman–Crippen MR) is 110 cm³/mol. The van der Waals surface area contributed by atoms with Crippen molar-refractivity contribution in [2.24, 2.45) is 0 Å². The molecule has 1 aromatic carbocycles. The molecule has 2 aliphatic heterocycles. The Kier molecular flexibility index (Phi) is 6.40. The minimum atomic E-state index is -0.617. The second-order valence-corrected chi connectivity index (χ2v) is 12.3. The van der Waals surface area contributed by atoms with Crippen LogP contribution in [0.25, 0.3) is 0 Å². The fraction of sp³-hybridized carbons (Fsp3) is 0.300. The number of nitrogens with zero attached hydrogens (tertiary/aromatic N) is 1. The zero-order valence-electron chi connectivity index (χ0n) is 15.7. The van der Waals surface area contributed by atoms with Gasteiger partial charge in [0.25, 0.3) is 0 Å². The summed E-state index contributed by atoms with van der Waals surface area (Å²) in [4.78, 5) is 26.2. The van der Waals surface area contributed by atoms with Crippen LogP contribution < -0.4 is 16.0 Å². The molecule has 0 spiro atoms. The fourth-order valence-corrected chi connectivity index (χ4v) is 4.53. The van der Waals surface area contributed by atoms with Crippen LogP contribution in [-0.2, 0) is 0 Å². The molecule has 7 heteroatoms. The van der Waals surface area contributed by atoms with Crippen molar-refractivity contribution in [2.45, 2.75) is 23.1 Å². The Morgan fingerprint density at radius 1 is 1.22 bits per heavy atom. The van der Waals surface area contributed by atoms with Crippen LogP contribution in [0.3, 0.4) is 0 Å². The van der Waals surface area contributed by atoms with Gasteiger partial charge in [-0.1, -0.05) is 0 Å². The first-order valence-electron chi connectivity index (χ1n) is 8.97. The molecule has 2 heterocycles. The summed E-state index contributed by atoms with van der Waals surface area (Å²) in [6, 6.07) is 6.79. The quantitative estimate of drug-likeness (QED) is 0.481. The molecule has 3 rings (SSSR count). The molecule has 0 aromatic heterocycles. The molecule has 2 aliphatic rings. The van der Waals surface area contributed by atoms with Gasteiger partial charge in [0.1, 0.15) is 0 Å². The van der Waals surface area contributed by atoms with Gasteiger partial charge in [0.2, 0.25) is 0 Å². The maximum absolute atomic E-state index is 12.4. The molecular weight excluding hydrogens is 403 g/mol. The summed E-state index contributed by atoms with van der Waals surface area (Å²) >= 11 is -0.617. The van der Waals surface area contributed by atoms with Crippen LogP contribution in [0.2, 0.25) is 16.6 Å². The Morgan fingerprint density at radius 3 is 2.70 bits per heavy atom. The third kappa shape index (κ3) is 5.27. The summed E-state index contributed by atoms with van der Waals surface area (Å²) in [5.74, 6) is -0.0706. The number of benzene rings is 1. The first-order valence-corrected chi connectivity index (χ1v) is 14.1. The Labute approximate surface area is 164 Å². The monoisotopic (exact) mass is 428 g/mol. The zero-order valence-corrected chi connectivity index (χ0v) is 17.5. The Morgan fingerprint density at radius 2 is 2.00 bits per heavy atom. The summed E-state index contributed by atoms with van der Waals surface area (Å²) < 4.78 is 0. The molecule has 0 aliphatic carbocycles. The number of dihydropyridines is 1. The molecule has 0 unspecified atom stereocenters. The Hall–Kier alpha value is -2.46. The van der Waals surface area contributed by atoms with E-state index in [0.717, 1.165) is 17.6 Å². The standard InChI is InChI=1S/C20H25AsN4O2/c1-21(2)9-3-10-23-19(26)15-4-6-18(7-5-15)24-20(27)25-13-16-8-11-22-12-17(16)14-25/h4-8,11-13,22H,3,9-10,14H2,1-2H3,(H,23,26)(H,24,27). The van der Waals surface area contributed by atoms with Crippen molar-refractivity contribution in [3.05, 3.63) is 65.7 Å². The van der Waals surface area contributed by atoms with E-state index in [2.05, 4.69) is 27.4 Å².